The molecule has 1 rings (SSSR count). The van der Waals surface area contributed by atoms with Crippen molar-refractivity contribution in [1.29, 1.82) is 0 Å². The summed E-state index contributed by atoms with van der Waals surface area (Å²) in [7, 11) is 0. The minimum absolute atomic E-state index is 0.214. The number of rotatable bonds is 5. The number of carbonyl (C=O) groups is 1. The van der Waals surface area contributed by atoms with E-state index in [1.807, 2.05) is 18.2 Å². The molecule has 0 saturated carbocycles. The van der Waals surface area contributed by atoms with Gasteiger partial charge in [0, 0.05) is 10.5 Å². The molecule has 1 atom stereocenters. The van der Waals surface area contributed by atoms with Gasteiger partial charge in [-0.15, -0.1) is 0 Å². The maximum Gasteiger partial charge on any atom is 0.307 e. The normalized spacial score (nSPS) is 12.2. The fraction of sp³-hybridized carbons (Fsp3) is 0.462. The lowest BCUT2D eigenvalue weighted by Gasteiger charge is -2.13. The second kappa shape index (κ2) is 6.77. The average Bonchev–Trinajstić information content (AvgIpc) is 2.29. The first-order valence-electron chi connectivity index (χ1n) is 5.78. The SMILES string of the molecule is CCOC(=O)CC(N)c1ccc(CC)c(Br)c1. The molecule has 0 aliphatic carbocycles. The first-order chi connectivity index (χ1) is 8.08. The number of benzene rings is 1. The van der Waals surface area contributed by atoms with Gasteiger partial charge >= 0.3 is 5.97 Å². The van der Waals surface area contributed by atoms with Gasteiger partial charge in [-0.05, 0) is 30.5 Å². The highest BCUT2D eigenvalue weighted by Crippen LogP contribution is 2.23. The van der Waals surface area contributed by atoms with Crippen molar-refractivity contribution in [1.82, 2.24) is 0 Å². The minimum atomic E-state index is -0.309. The molecule has 2 N–H and O–H groups in total. The molecule has 3 nitrogen and oxygen atoms in total. The van der Waals surface area contributed by atoms with Crippen LogP contribution in [0.25, 0.3) is 0 Å². The lowest BCUT2D eigenvalue weighted by Crippen LogP contribution is -2.17. The molecule has 4 heteroatoms. The number of esters is 1. The standard InChI is InChI=1S/C13H18BrNO2/c1-3-9-5-6-10(7-11(9)14)12(15)8-13(16)17-4-2/h5-7,12H,3-4,8,15H2,1-2H3. The molecule has 0 radical (unpaired) electrons. The van der Waals surface area contributed by atoms with E-state index in [1.54, 1.807) is 6.92 Å². The molecular formula is C13H18BrNO2. The molecule has 1 aromatic rings. The van der Waals surface area contributed by atoms with Crippen LogP contribution in [-0.2, 0) is 16.0 Å². The molecule has 17 heavy (non-hydrogen) atoms. The monoisotopic (exact) mass is 299 g/mol. The van der Waals surface area contributed by atoms with E-state index in [1.165, 1.54) is 5.56 Å². The van der Waals surface area contributed by atoms with Crippen LogP contribution in [0.1, 0.15) is 37.4 Å². The van der Waals surface area contributed by atoms with Crippen LogP contribution in [0.2, 0.25) is 0 Å². The quantitative estimate of drug-likeness (QED) is 0.851. The second-order valence-corrected chi connectivity index (χ2v) is 4.67. The van der Waals surface area contributed by atoms with Gasteiger partial charge in [0.2, 0.25) is 0 Å². The molecule has 0 amide bonds. The first kappa shape index (κ1) is 14.2. The van der Waals surface area contributed by atoms with Gasteiger partial charge in [0.15, 0.2) is 0 Å². The van der Waals surface area contributed by atoms with Gasteiger partial charge in [0.1, 0.15) is 0 Å². The van der Waals surface area contributed by atoms with Gasteiger partial charge in [-0.2, -0.15) is 0 Å². The van der Waals surface area contributed by atoms with Gasteiger partial charge in [-0.25, -0.2) is 0 Å². The van der Waals surface area contributed by atoms with Crippen LogP contribution in [0.5, 0.6) is 0 Å². The Bertz CT molecular complexity index is 393. The summed E-state index contributed by atoms with van der Waals surface area (Å²) in [6.45, 7) is 4.28. The van der Waals surface area contributed by atoms with Crippen molar-refractivity contribution in [3.63, 3.8) is 0 Å². The van der Waals surface area contributed by atoms with E-state index in [4.69, 9.17) is 10.5 Å². The summed E-state index contributed by atoms with van der Waals surface area (Å²) in [5.41, 5.74) is 8.14. The summed E-state index contributed by atoms with van der Waals surface area (Å²) in [4.78, 5) is 11.3. The van der Waals surface area contributed by atoms with Crippen molar-refractivity contribution in [2.45, 2.75) is 32.7 Å². The minimum Gasteiger partial charge on any atom is -0.466 e. The average molecular weight is 300 g/mol. The van der Waals surface area contributed by atoms with E-state index >= 15 is 0 Å². The van der Waals surface area contributed by atoms with E-state index in [9.17, 15) is 4.79 Å². The van der Waals surface area contributed by atoms with Crippen LogP contribution in [0.4, 0.5) is 0 Å². The van der Waals surface area contributed by atoms with Crippen LogP contribution in [-0.4, -0.2) is 12.6 Å². The molecular weight excluding hydrogens is 282 g/mol. The van der Waals surface area contributed by atoms with Gasteiger partial charge in [0.25, 0.3) is 0 Å². The van der Waals surface area contributed by atoms with Gasteiger partial charge in [-0.3, -0.25) is 4.79 Å². The van der Waals surface area contributed by atoms with Crippen LogP contribution in [0.3, 0.4) is 0 Å². The van der Waals surface area contributed by atoms with E-state index in [0.29, 0.717) is 6.61 Å². The van der Waals surface area contributed by atoms with Gasteiger partial charge in [0.05, 0.1) is 13.0 Å². The molecule has 0 saturated heterocycles. The lowest BCUT2D eigenvalue weighted by molar-refractivity contribution is -0.143. The topological polar surface area (TPSA) is 52.3 Å². The zero-order chi connectivity index (χ0) is 12.8. The first-order valence-corrected chi connectivity index (χ1v) is 6.57. The lowest BCUT2D eigenvalue weighted by atomic mass is 10.0. The Kier molecular flexibility index (Phi) is 5.65. The van der Waals surface area contributed by atoms with Crippen LogP contribution in [0, 0.1) is 0 Å². The van der Waals surface area contributed by atoms with Crippen LogP contribution < -0.4 is 5.73 Å². The summed E-state index contributed by atoms with van der Waals surface area (Å²) in [6.07, 6.45) is 1.18. The zero-order valence-electron chi connectivity index (χ0n) is 10.2. The predicted molar refractivity (Wildman–Crippen MR) is 71.7 cm³/mol. The van der Waals surface area contributed by atoms with Crippen molar-refractivity contribution in [3.8, 4) is 0 Å². The summed E-state index contributed by atoms with van der Waals surface area (Å²) in [6, 6.07) is 5.66. The number of ether oxygens (including phenoxy) is 1. The highest BCUT2D eigenvalue weighted by Gasteiger charge is 2.13. The smallest absolute Gasteiger partial charge is 0.307 e. The third-order valence-electron chi connectivity index (χ3n) is 2.58. The van der Waals surface area contributed by atoms with Crippen LogP contribution in [0.15, 0.2) is 22.7 Å². The zero-order valence-corrected chi connectivity index (χ0v) is 11.8. The summed E-state index contributed by atoms with van der Waals surface area (Å²) >= 11 is 3.50. The Hall–Kier alpha value is -0.870. The number of hydrogen-bond donors (Lipinski definition) is 1. The Morgan fingerprint density at radius 3 is 2.71 bits per heavy atom. The Labute approximate surface area is 110 Å². The summed E-state index contributed by atoms with van der Waals surface area (Å²) in [5, 5.41) is 0. The summed E-state index contributed by atoms with van der Waals surface area (Å²) in [5.74, 6) is -0.254. The maximum atomic E-state index is 11.3. The third-order valence-corrected chi connectivity index (χ3v) is 3.32. The van der Waals surface area contributed by atoms with Crippen molar-refractivity contribution >= 4 is 21.9 Å². The molecule has 1 aromatic carbocycles. The number of carbonyl (C=O) groups excluding carboxylic acids is 1. The summed E-state index contributed by atoms with van der Waals surface area (Å²) < 4.78 is 5.92. The van der Waals surface area contributed by atoms with Gasteiger partial charge < -0.3 is 10.5 Å². The van der Waals surface area contributed by atoms with E-state index in [2.05, 4.69) is 22.9 Å². The molecule has 1 unspecified atom stereocenters. The molecule has 94 valence electrons. The predicted octanol–water partition coefficient (Wildman–Crippen LogP) is 2.96. The largest absolute Gasteiger partial charge is 0.466 e. The van der Waals surface area contributed by atoms with Crippen molar-refractivity contribution in [2.75, 3.05) is 6.61 Å². The maximum absolute atomic E-state index is 11.3. The Morgan fingerprint density at radius 2 is 2.18 bits per heavy atom. The fourth-order valence-corrected chi connectivity index (χ4v) is 2.28. The number of halogens is 1. The van der Waals surface area contributed by atoms with Crippen molar-refractivity contribution < 1.29 is 9.53 Å². The highest BCUT2D eigenvalue weighted by atomic mass is 79.9. The fourth-order valence-electron chi connectivity index (χ4n) is 1.60. The second-order valence-electron chi connectivity index (χ2n) is 3.82. The van der Waals surface area contributed by atoms with Gasteiger partial charge in [-0.1, -0.05) is 35.0 Å². The Balaban J connectivity index is 2.72. The Morgan fingerprint density at radius 1 is 1.47 bits per heavy atom. The number of nitrogens with two attached hydrogens (primary N) is 1. The van der Waals surface area contributed by atoms with Crippen molar-refractivity contribution in [3.05, 3.63) is 33.8 Å². The molecule has 0 aromatic heterocycles. The van der Waals surface area contributed by atoms with E-state index < -0.39 is 0 Å². The van der Waals surface area contributed by atoms with Crippen molar-refractivity contribution in [2.24, 2.45) is 5.73 Å². The highest BCUT2D eigenvalue weighted by molar-refractivity contribution is 9.10. The molecule has 0 aliphatic rings. The molecule has 0 fully saturated rings. The van der Waals surface area contributed by atoms with Crippen LogP contribution >= 0.6 is 15.9 Å². The number of aryl methyl sites for hydroxylation is 1. The molecule has 0 spiro atoms. The molecule has 0 aliphatic heterocycles. The number of hydrogen-bond acceptors (Lipinski definition) is 3. The van der Waals surface area contributed by atoms with E-state index in [-0.39, 0.29) is 18.4 Å². The third kappa shape index (κ3) is 4.13. The molecule has 0 bridgehead atoms. The van der Waals surface area contributed by atoms with E-state index in [0.717, 1.165) is 16.5 Å². The molecule has 0 heterocycles.